The molecule has 4 heterocycles. The van der Waals surface area contributed by atoms with Crippen molar-refractivity contribution >= 4 is 75.4 Å². The van der Waals surface area contributed by atoms with E-state index in [0.29, 0.717) is 29.3 Å². The predicted octanol–water partition coefficient (Wildman–Crippen LogP) is 16.4. The first-order valence-electron chi connectivity index (χ1n) is 23.9. The van der Waals surface area contributed by atoms with Crippen LogP contribution in [0.4, 0.5) is 0 Å². The summed E-state index contributed by atoms with van der Waals surface area (Å²) in [6.07, 6.45) is 6.72. The molecule has 0 amide bonds. The molecule has 318 valence electrons. The van der Waals surface area contributed by atoms with Gasteiger partial charge in [0.2, 0.25) is 0 Å². The van der Waals surface area contributed by atoms with Crippen molar-refractivity contribution in [3.05, 3.63) is 175 Å². The highest BCUT2D eigenvalue weighted by molar-refractivity contribution is 7.26. The lowest BCUT2D eigenvalue weighted by molar-refractivity contribution is -0.0399. The minimum atomic E-state index is -0.00994. The molecule has 0 N–H and O–H groups in total. The van der Waals surface area contributed by atoms with Crippen LogP contribution in [-0.2, 0) is 5.41 Å². The molecular weight excluding hydrogens is 839 g/mol. The summed E-state index contributed by atoms with van der Waals surface area (Å²) in [5, 5.41) is 6.90. The molecule has 12 aromatic rings. The van der Waals surface area contributed by atoms with Gasteiger partial charge >= 0.3 is 0 Å². The molecule has 0 aliphatic heterocycles. The Kier molecular flexibility index (Phi) is 7.33. The summed E-state index contributed by atoms with van der Waals surface area (Å²) in [6.45, 7) is 0. The molecule has 4 saturated carbocycles. The molecule has 0 radical (unpaired) electrons. The average molecular weight is 880 g/mol. The number of fused-ring (bicyclic) bond motifs is 12. The second-order valence-electron chi connectivity index (χ2n) is 19.8. The monoisotopic (exact) mass is 879 g/mol. The average Bonchev–Trinajstić information content (AvgIpc) is 4.13. The Morgan fingerprint density at radius 2 is 0.955 bits per heavy atom. The SMILES string of the molecule is c1ccc2c(c1)oc1c(-c3nc(-c4ccc5c(c4)-c4ccc(-c6cccc7c6sc6ccccc67)cc4C54C5CC6CC(C5)CC4C6)nc(-c4cccc5c4oc4ccccc45)n3)cccc12. The zero-order chi connectivity index (χ0) is 43.5. The third-order valence-corrected chi connectivity index (χ3v) is 17.8. The van der Waals surface area contributed by atoms with Gasteiger partial charge in [-0.3, -0.25) is 0 Å². The highest BCUT2D eigenvalue weighted by Crippen LogP contribution is 2.70. The molecule has 67 heavy (non-hydrogen) atoms. The normalized spacial score (nSPS) is 21.5. The smallest absolute Gasteiger partial charge is 0.167 e. The molecular formula is C61H41N3O2S. The number of furan rings is 2. The highest BCUT2D eigenvalue weighted by atomic mass is 32.1. The van der Waals surface area contributed by atoms with Crippen molar-refractivity contribution in [3.8, 4) is 56.4 Å². The second kappa shape index (κ2) is 13.4. The van der Waals surface area contributed by atoms with E-state index in [1.54, 1.807) is 0 Å². The molecule has 0 unspecified atom stereocenters. The zero-order valence-corrected chi connectivity index (χ0v) is 37.3. The molecule has 0 atom stereocenters. The first-order chi connectivity index (χ1) is 33.1. The molecule has 4 aromatic heterocycles. The van der Waals surface area contributed by atoms with Crippen LogP contribution in [0.25, 0.3) is 120 Å². The molecule has 1 spiro atoms. The lowest BCUT2D eigenvalue weighted by atomic mass is 9.43. The van der Waals surface area contributed by atoms with Gasteiger partial charge < -0.3 is 8.83 Å². The fourth-order valence-electron chi connectivity index (χ4n) is 14.1. The van der Waals surface area contributed by atoms with Gasteiger partial charge in [-0.05, 0) is 132 Å². The van der Waals surface area contributed by atoms with Crippen LogP contribution in [0.1, 0.15) is 43.2 Å². The van der Waals surface area contributed by atoms with E-state index in [0.717, 1.165) is 72.4 Å². The van der Waals surface area contributed by atoms with Gasteiger partial charge in [0.05, 0.1) is 11.1 Å². The molecule has 5 aliphatic rings. The maximum Gasteiger partial charge on any atom is 0.167 e. The van der Waals surface area contributed by atoms with E-state index < -0.39 is 0 Å². The molecule has 5 aliphatic carbocycles. The van der Waals surface area contributed by atoms with Crippen LogP contribution in [0, 0.1) is 23.7 Å². The molecule has 17 rings (SSSR count). The number of benzene rings is 8. The van der Waals surface area contributed by atoms with Crippen LogP contribution in [-0.4, -0.2) is 15.0 Å². The van der Waals surface area contributed by atoms with Crippen LogP contribution in [0.2, 0.25) is 0 Å². The van der Waals surface area contributed by atoms with Crippen molar-refractivity contribution in [2.24, 2.45) is 23.7 Å². The maximum absolute atomic E-state index is 6.61. The van der Waals surface area contributed by atoms with Gasteiger partial charge in [0.15, 0.2) is 17.5 Å². The van der Waals surface area contributed by atoms with Crippen molar-refractivity contribution in [2.75, 3.05) is 0 Å². The van der Waals surface area contributed by atoms with E-state index in [1.807, 2.05) is 35.6 Å². The van der Waals surface area contributed by atoms with Crippen LogP contribution in [0.5, 0.6) is 0 Å². The predicted molar refractivity (Wildman–Crippen MR) is 272 cm³/mol. The van der Waals surface area contributed by atoms with Crippen molar-refractivity contribution in [3.63, 3.8) is 0 Å². The third-order valence-electron chi connectivity index (χ3n) is 16.5. The summed E-state index contributed by atoms with van der Waals surface area (Å²) in [4.78, 5) is 16.1. The minimum absolute atomic E-state index is 0.00994. The Morgan fingerprint density at radius 3 is 1.63 bits per heavy atom. The molecule has 5 nitrogen and oxygen atoms in total. The fraction of sp³-hybridized carbons (Fsp3) is 0.164. The van der Waals surface area contributed by atoms with Crippen LogP contribution in [0.15, 0.2) is 173 Å². The number of rotatable bonds is 4. The summed E-state index contributed by atoms with van der Waals surface area (Å²) in [6, 6.07) is 59.4. The van der Waals surface area contributed by atoms with Crippen LogP contribution >= 0.6 is 11.3 Å². The van der Waals surface area contributed by atoms with Crippen molar-refractivity contribution in [2.45, 2.75) is 37.5 Å². The topological polar surface area (TPSA) is 65.0 Å². The van der Waals surface area contributed by atoms with E-state index in [1.165, 1.54) is 85.7 Å². The van der Waals surface area contributed by atoms with Gasteiger partial charge in [0, 0.05) is 52.7 Å². The lowest BCUT2D eigenvalue weighted by Gasteiger charge is -2.61. The van der Waals surface area contributed by atoms with Crippen molar-refractivity contribution in [1.29, 1.82) is 0 Å². The molecule has 6 heteroatoms. The van der Waals surface area contributed by atoms with Crippen molar-refractivity contribution < 1.29 is 8.83 Å². The minimum Gasteiger partial charge on any atom is -0.455 e. The van der Waals surface area contributed by atoms with Gasteiger partial charge in [0.25, 0.3) is 0 Å². The van der Waals surface area contributed by atoms with Crippen LogP contribution in [0.3, 0.4) is 0 Å². The Morgan fingerprint density at radius 1 is 0.403 bits per heavy atom. The molecule has 4 bridgehead atoms. The highest BCUT2D eigenvalue weighted by Gasteiger charge is 2.61. The van der Waals surface area contributed by atoms with Crippen LogP contribution < -0.4 is 0 Å². The standard InChI is InChI=1S/C61H41N3O2S/c1-4-19-52-41(10-1)44-14-8-17-47(55(44)65-52)59-62-58(63-60(64-59)48-18-9-15-45-42-11-2-5-20-53(42)66-56(45)48)36-23-25-50-49(31-36)40-24-22-35(39-13-7-16-46-43-12-3-6-21-54(43)67-57(39)46)32-51(40)61(50)37-27-33-26-34(29-37)30-38(61)28-33/h1-25,31-34,37-38H,26-30H2. The number of hydrogen-bond donors (Lipinski definition) is 0. The van der Waals surface area contributed by atoms with Gasteiger partial charge in [0.1, 0.15) is 22.3 Å². The molecule has 4 fully saturated rings. The van der Waals surface area contributed by atoms with E-state index in [2.05, 4.69) is 140 Å². The van der Waals surface area contributed by atoms with Gasteiger partial charge in [-0.25, -0.2) is 15.0 Å². The fourth-order valence-corrected chi connectivity index (χ4v) is 15.3. The summed E-state index contributed by atoms with van der Waals surface area (Å²) in [5.74, 6) is 4.73. The Labute approximate surface area is 389 Å². The summed E-state index contributed by atoms with van der Waals surface area (Å²) in [5.41, 5.74) is 14.2. The largest absolute Gasteiger partial charge is 0.455 e. The van der Waals surface area contributed by atoms with E-state index >= 15 is 0 Å². The quantitative estimate of drug-likeness (QED) is 0.176. The van der Waals surface area contributed by atoms with Gasteiger partial charge in [-0.15, -0.1) is 11.3 Å². The Bertz CT molecular complexity index is 3940. The van der Waals surface area contributed by atoms with E-state index in [9.17, 15) is 0 Å². The van der Waals surface area contributed by atoms with Gasteiger partial charge in [-0.1, -0.05) is 121 Å². The summed E-state index contributed by atoms with van der Waals surface area (Å²) < 4.78 is 15.9. The number of aromatic nitrogens is 3. The summed E-state index contributed by atoms with van der Waals surface area (Å²) in [7, 11) is 0. The Balaban J connectivity index is 0.918. The van der Waals surface area contributed by atoms with Crippen molar-refractivity contribution in [1.82, 2.24) is 15.0 Å². The number of thiophene rings is 1. The number of nitrogens with zero attached hydrogens (tertiary/aromatic N) is 3. The first-order valence-corrected chi connectivity index (χ1v) is 24.7. The second-order valence-corrected chi connectivity index (χ2v) is 20.9. The van der Waals surface area contributed by atoms with E-state index in [-0.39, 0.29) is 5.41 Å². The summed E-state index contributed by atoms with van der Waals surface area (Å²) >= 11 is 1.92. The third kappa shape index (κ3) is 5.01. The number of para-hydroxylation sites is 4. The van der Waals surface area contributed by atoms with E-state index in [4.69, 9.17) is 23.8 Å². The maximum atomic E-state index is 6.61. The number of hydrogen-bond acceptors (Lipinski definition) is 6. The van der Waals surface area contributed by atoms with Gasteiger partial charge in [-0.2, -0.15) is 0 Å². The lowest BCUT2D eigenvalue weighted by Crippen LogP contribution is -2.55. The molecule has 0 saturated heterocycles. The Hall–Kier alpha value is -7.41. The first kappa shape index (κ1) is 36.8. The zero-order valence-electron chi connectivity index (χ0n) is 36.5. The molecule has 8 aromatic carbocycles.